The van der Waals surface area contributed by atoms with E-state index in [0.717, 1.165) is 22.5 Å². The molecule has 2 heterocycles. The Balaban J connectivity index is 1.45. The highest BCUT2D eigenvalue weighted by atomic mass is 14.7. The van der Waals surface area contributed by atoms with Gasteiger partial charge in [-0.3, -0.25) is 9.97 Å². The molecule has 0 atom stereocenters. The predicted octanol–water partition coefficient (Wildman–Crippen LogP) is 11.1. The largest absolute Gasteiger partial charge is 0.256 e. The Labute approximate surface area is 257 Å². The first-order valence-corrected chi connectivity index (χ1v) is 14.9. The van der Waals surface area contributed by atoms with Crippen molar-refractivity contribution in [1.29, 1.82) is 0 Å². The molecule has 0 bridgehead atoms. The second-order valence-corrected chi connectivity index (χ2v) is 11.0. The third-order valence-corrected chi connectivity index (χ3v) is 8.35. The van der Waals surface area contributed by atoms with Gasteiger partial charge in [0.2, 0.25) is 0 Å². The summed E-state index contributed by atoms with van der Waals surface area (Å²) in [5, 5.41) is 4.90. The van der Waals surface area contributed by atoms with E-state index in [9.17, 15) is 0 Å². The third kappa shape index (κ3) is 4.63. The van der Waals surface area contributed by atoms with Gasteiger partial charge >= 0.3 is 0 Å². The molecule has 0 unspecified atom stereocenters. The molecule has 44 heavy (non-hydrogen) atoms. The second kappa shape index (κ2) is 11.1. The molecule has 0 N–H and O–H groups in total. The van der Waals surface area contributed by atoms with Crippen LogP contribution in [0.15, 0.2) is 170 Å². The van der Waals surface area contributed by atoms with Crippen LogP contribution in [0.25, 0.3) is 77.4 Å². The van der Waals surface area contributed by atoms with Crippen LogP contribution in [0.3, 0.4) is 0 Å². The summed E-state index contributed by atoms with van der Waals surface area (Å²) in [5.41, 5.74) is 11.4. The number of hydrogen-bond donors (Lipinski definition) is 0. The van der Waals surface area contributed by atoms with E-state index in [4.69, 9.17) is 0 Å². The highest BCUT2D eigenvalue weighted by molar-refractivity contribution is 6.22. The molecular weight excluding hydrogens is 532 g/mol. The minimum absolute atomic E-state index is 0.968. The summed E-state index contributed by atoms with van der Waals surface area (Å²) in [6.45, 7) is 0. The SMILES string of the molecule is c1ccc(-c2ccc3c(-c4cccc(-c5ccccn5)c4)c4ccccc4c(-c4cccc(-c5ccccn5)c4)c3c2)cc1. The van der Waals surface area contributed by atoms with Crippen LogP contribution in [0.2, 0.25) is 0 Å². The van der Waals surface area contributed by atoms with Crippen LogP contribution in [-0.2, 0) is 0 Å². The molecule has 0 amide bonds. The maximum atomic E-state index is 4.64. The van der Waals surface area contributed by atoms with E-state index >= 15 is 0 Å². The molecule has 2 aromatic heterocycles. The average Bonchev–Trinajstić information content (AvgIpc) is 3.11. The van der Waals surface area contributed by atoms with Gasteiger partial charge in [0, 0.05) is 23.5 Å². The van der Waals surface area contributed by atoms with Crippen molar-refractivity contribution < 1.29 is 0 Å². The quantitative estimate of drug-likeness (QED) is 0.196. The average molecular weight is 561 g/mol. The van der Waals surface area contributed by atoms with Gasteiger partial charge in [0.05, 0.1) is 11.4 Å². The first-order valence-electron chi connectivity index (χ1n) is 14.9. The Morgan fingerprint density at radius 1 is 0.273 bits per heavy atom. The van der Waals surface area contributed by atoms with Crippen LogP contribution >= 0.6 is 0 Å². The molecule has 8 aromatic rings. The molecule has 0 spiro atoms. The molecule has 0 saturated heterocycles. The van der Waals surface area contributed by atoms with E-state index in [-0.39, 0.29) is 0 Å². The number of hydrogen-bond acceptors (Lipinski definition) is 2. The first kappa shape index (κ1) is 25.8. The van der Waals surface area contributed by atoms with Crippen molar-refractivity contribution in [2.75, 3.05) is 0 Å². The van der Waals surface area contributed by atoms with Gasteiger partial charge in [-0.1, -0.05) is 115 Å². The van der Waals surface area contributed by atoms with E-state index in [2.05, 4.69) is 143 Å². The summed E-state index contributed by atoms with van der Waals surface area (Å²) >= 11 is 0. The number of rotatable bonds is 5. The Hall–Kier alpha value is -5.86. The Morgan fingerprint density at radius 2 is 0.750 bits per heavy atom. The summed E-state index contributed by atoms with van der Waals surface area (Å²) in [7, 11) is 0. The number of aromatic nitrogens is 2. The monoisotopic (exact) mass is 560 g/mol. The Kier molecular flexibility index (Phi) is 6.51. The Bertz CT molecular complexity index is 2260. The highest BCUT2D eigenvalue weighted by Crippen LogP contribution is 2.45. The lowest BCUT2D eigenvalue weighted by atomic mass is 9.84. The zero-order chi connectivity index (χ0) is 29.3. The van der Waals surface area contributed by atoms with E-state index in [0.29, 0.717) is 0 Å². The van der Waals surface area contributed by atoms with Gasteiger partial charge in [-0.05, 0) is 97.4 Å². The summed E-state index contributed by atoms with van der Waals surface area (Å²) in [4.78, 5) is 9.28. The minimum Gasteiger partial charge on any atom is -0.256 e. The summed E-state index contributed by atoms with van der Waals surface area (Å²) in [5.74, 6) is 0. The number of benzene rings is 6. The van der Waals surface area contributed by atoms with Crippen LogP contribution in [0.5, 0.6) is 0 Å². The van der Waals surface area contributed by atoms with Crippen LogP contribution in [0.4, 0.5) is 0 Å². The Morgan fingerprint density at radius 3 is 1.32 bits per heavy atom. The van der Waals surface area contributed by atoms with Crippen molar-refractivity contribution in [2.45, 2.75) is 0 Å². The standard InChI is InChI=1S/C42H28N2/c1-2-12-29(13-3-1)30-22-23-37-38(28-30)42(34-17-11-15-32(27-34)40-21-7-9-25-44-40)36-19-5-4-18-35(36)41(37)33-16-10-14-31(26-33)39-20-6-8-24-43-39/h1-28H. The molecule has 2 nitrogen and oxygen atoms in total. The van der Waals surface area contributed by atoms with E-state index in [1.54, 1.807) is 0 Å². The van der Waals surface area contributed by atoms with E-state index < -0.39 is 0 Å². The molecule has 6 aromatic carbocycles. The minimum atomic E-state index is 0.968. The first-order chi connectivity index (χ1) is 21.8. The fourth-order valence-electron chi connectivity index (χ4n) is 6.35. The maximum absolute atomic E-state index is 4.64. The van der Waals surface area contributed by atoms with Gasteiger partial charge in [0.1, 0.15) is 0 Å². The summed E-state index contributed by atoms with van der Waals surface area (Å²) in [6.07, 6.45) is 3.71. The fourth-order valence-corrected chi connectivity index (χ4v) is 6.35. The van der Waals surface area contributed by atoms with Gasteiger partial charge in [-0.25, -0.2) is 0 Å². The van der Waals surface area contributed by atoms with Crippen LogP contribution < -0.4 is 0 Å². The zero-order valence-corrected chi connectivity index (χ0v) is 24.1. The van der Waals surface area contributed by atoms with Crippen molar-refractivity contribution in [3.63, 3.8) is 0 Å². The van der Waals surface area contributed by atoms with Gasteiger partial charge in [-0.15, -0.1) is 0 Å². The van der Waals surface area contributed by atoms with Crippen LogP contribution in [0, 0.1) is 0 Å². The van der Waals surface area contributed by atoms with Crippen LogP contribution in [0.1, 0.15) is 0 Å². The van der Waals surface area contributed by atoms with Gasteiger partial charge in [0.15, 0.2) is 0 Å². The van der Waals surface area contributed by atoms with Gasteiger partial charge in [-0.2, -0.15) is 0 Å². The lowest BCUT2D eigenvalue weighted by Crippen LogP contribution is -1.93. The number of pyridine rings is 2. The molecule has 0 aliphatic rings. The molecule has 0 saturated carbocycles. The van der Waals surface area contributed by atoms with Crippen molar-refractivity contribution in [1.82, 2.24) is 9.97 Å². The van der Waals surface area contributed by atoms with Gasteiger partial charge in [0.25, 0.3) is 0 Å². The molecular formula is C42H28N2. The molecule has 0 fully saturated rings. The summed E-state index contributed by atoms with van der Waals surface area (Å²) in [6, 6.07) is 56.1. The molecule has 8 rings (SSSR count). The third-order valence-electron chi connectivity index (χ3n) is 8.35. The fraction of sp³-hybridized carbons (Fsp3) is 0. The topological polar surface area (TPSA) is 25.8 Å². The molecule has 206 valence electrons. The zero-order valence-electron chi connectivity index (χ0n) is 24.1. The maximum Gasteiger partial charge on any atom is 0.0702 e. The lowest BCUT2D eigenvalue weighted by Gasteiger charge is -2.19. The van der Waals surface area contributed by atoms with E-state index in [1.165, 1.54) is 54.9 Å². The summed E-state index contributed by atoms with van der Waals surface area (Å²) < 4.78 is 0. The normalized spacial score (nSPS) is 11.2. The van der Waals surface area contributed by atoms with E-state index in [1.807, 2.05) is 36.7 Å². The second-order valence-electron chi connectivity index (χ2n) is 11.0. The van der Waals surface area contributed by atoms with Crippen molar-refractivity contribution in [3.8, 4) is 55.9 Å². The van der Waals surface area contributed by atoms with Gasteiger partial charge < -0.3 is 0 Å². The molecule has 2 heteroatoms. The number of nitrogens with zero attached hydrogens (tertiary/aromatic N) is 2. The lowest BCUT2D eigenvalue weighted by molar-refractivity contribution is 1.33. The van der Waals surface area contributed by atoms with Crippen molar-refractivity contribution >= 4 is 21.5 Å². The highest BCUT2D eigenvalue weighted by Gasteiger charge is 2.18. The van der Waals surface area contributed by atoms with Crippen molar-refractivity contribution in [3.05, 3.63) is 170 Å². The molecule has 0 radical (unpaired) electrons. The predicted molar refractivity (Wildman–Crippen MR) is 184 cm³/mol. The molecule has 0 aliphatic carbocycles. The number of fused-ring (bicyclic) bond motifs is 2. The smallest absolute Gasteiger partial charge is 0.0702 e. The van der Waals surface area contributed by atoms with Crippen LogP contribution in [-0.4, -0.2) is 9.97 Å². The van der Waals surface area contributed by atoms with Crippen molar-refractivity contribution in [2.24, 2.45) is 0 Å². The molecule has 0 aliphatic heterocycles.